The van der Waals surface area contributed by atoms with Crippen molar-refractivity contribution in [2.45, 2.75) is 55.6 Å². The Bertz CT molecular complexity index is 1390. The molecule has 0 radical (unpaired) electrons. The van der Waals surface area contributed by atoms with Gasteiger partial charge in [-0.3, -0.25) is 4.79 Å². The number of phenols is 1. The molecule has 36 heavy (non-hydrogen) atoms. The molecular formula is C27H26O9. The van der Waals surface area contributed by atoms with Gasteiger partial charge in [-0.1, -0.05) is 5.92 Å². The number of benzene rings is 2. The number of hydrogen-bond acceptors (Lipinski definition) is 9. The second kappa shape index (κ2) is 7.12. The fourth-order valence-electron chi connectivity index (χ4n) is 6.81. The lowest BCUT2D eigenvalue weighted by Crippen LogP contribution is -2.68. The van der Waals surface area contributed by atoms with Crippen LogP contribution >= 0.6 is 0 Å². The molecule has 3 fully saturated rings. The van der Waals surface area contributed by atoms with Gasteiger partial charge < -0.3 is 38.3 Å². The molecule has 4 heterocycles. The maximum Gasteiger partial charge on any atom is 0.276 e. The number of aromatic hydroxyl groups is 1. The van der Waals surface area contributed by atoms with E-state index in [0.717, 1.165) is 16.7 Å². The molecule has 1 N–H and O–H groups in total. The van der Waals surface area contributed by atoms with Gasteiger partial charge in [0.2, 0.25) is 11.4 Å². The highest BCUT2D eigenvalue weighted by Crippen LogP contribution is 2.71. The van der Waals surface area contributed by atoms with Crippen LogP contribution in [0.2, 0.25) is 0 Å². The lowest BCUT2D eigenvalue weighted by atomic mass is 9.78. The van der Waals surface area contributed by atoms with Gasteiger partial charge in [-0.2, -0.15) is 0 Å². The summed E-state index contributed by atoms with van der Waals surface area (Å²) in [7, 11) is 3.11. The number of aryl methyl sites for hydroxylation is 1. The Morgan fingerprint density at radius 1 is 1.28 bits per heavy atom. The van der Waals surface area contributed by atoms with Gasteiger partial charge >= 0.3 is 0 Å². The van der Waals surface area contributed by atoms with E-state index >= 15 is 0 Å². The number of phenolic OH excluding ortho intramolecular Hbond substituents is 1. The van der Waals surface area contributed by atoms with Crippen LogP contribution in [0.5, 0.6) is 17.2 Å². The number of carbonyl (C=O) groups excluding carboxylic acids is 1. The van der Waals surface area contributed by atoms with Crippen molar-refractivity contribution in [1.82, 2.24) is 0 Å². The Hall–Kier alpha value is -2.87. The molecule has 0 saturated carbocycles. The predicted octanol–water partition coefficient (Wildman–Crippen LogP) is 2.70. The van der Waals surface area contributed by atoms with Crippen LogP contribution < -0.4 is 9.47 Å². The van der Waals surface area contributed by atoms with Gasteiger partial charge in [0.15, 0.2) is 11.9 Å². The minimum absolute atomic E-state index is 0.0434. The van der Waals surface area contributed by atoms with Gasteiger partial charge in [0.1, 0.15) is 36.6 Å². The van der Waals surface area contributed by atoms with E-state index in [1.807, 2.05) is 13.0 Å². The maximum atomic E-state index is 12.9. The minimum Gasteiger partial charge on any atom is -0.506 e. The summed E-state index contributed by atoms with van der Waals surface area (Å²) < 4.78 is 43.2. The van der Waals surface area contributed by atoms with E-state index in [0.29, 0.717) is 47.1 Å². The summed E-state index contributed by atoms with van der Waals surface area (Å²) >= 11 is 0. The molecule has 5 aliphatic rings. The minimum atomic E-state index is -1.36. The fraction of sp³-hybridized carbons (Fsp3) is 0.519. The molecule has 2 aromatic rings. The van der Waals surface area contributed by atoms with E-state index in [9.17, 15) is 9.90 Å². The van der Waals surface area contributed by atoms with Gasteiger partial charge in [0, 0.05) is 30.0 Å². The molecule has 3 saturated heterocycles. The Kier molecular flexibility index (Phi) is 4.42. The van der Waals surface area contributed by atoms with Crippen LogP contribution in [0, 0.1) is 19.3 Å². The normalized spacial score (nSPS) is 34.9. The zero-order valence-electron chi connectivity index (χ0n) is 20.3. The average Bonchev–Trinajstić information content (AvgIpc) is 3.53. The van der Waals surface area contributed by atoms with Crippen LogP contribution in [0.4, 0.5) is 0 Å². The van der Waals surface area contributed by atoms with Crippen molar-refractivity contribution in [3.8, 4) is 29.6 Å². The number of fused-ring (bicyclic) bond motifs is 8. The quantitative estimate of drug-likeness (QED) is 0.382. The molecule has 188 valence electrons. The number of carbonyl (C=O) groups is 1. The van der Waals surface area contributed by atoms with Gasteiger partial charge in [-0.05, 0) is 31.4 Å². The van der Waals surface area contributed by atoms with Crippen LogP contribution in [0.15, 0.2) is 6.07 Å². The van der Waals surface area contributed by atoms with Crippen LogP contribution in [0.3, 0.4) is 0 Å². The summed E-state index contributed by atoms with van der Waals surface area (Å²) in [6, 6.07) is 1.94. The first-order valence-corrected chi connectivity index (χ1v) is 12.1. The smallest absolute Gasteiger partial charge is 0.276 e. The van der Waals surface area contributed by atoms with Crippen molar-refractivity contribution in [2.24, 2.45) is 0 Å². The molecule has 9 nitrogen and oxygen atoms in total. The Morgan fingerprint density at radius 2 is 2.08 bits per heavy atom. The molecule has 2 bridgehead atoms. The standard InChI is InChI=1S/C27H26O9/c1-5-9-32-12-26-25(11-33-25)27(31-4)24(36-26)23(34-26)17-13(2)10-15-19(22(17)35-27)20(29)18-14(21(15)30-3)7-6-8-16(18)28/h1,10,23-24,29H,6-9,11-12H2,2-4H3/t23?,24?,25-,26?,27-/m1/s1. The summed E-state index contributed by atoms with van der Waals surface area (Å²) in [6.45, 7) is 2.35. The topological polar surface area (TPSA) is 105 Å². The molecule has 4 aliphatic heterocycles. The summed E-state index contributed by atoms with van der Waals surface area (Å²) in [5.74, 6) is 0.552. The fourth-order valence-corrected chi connectivity index (χ4v) is 6.81. The first-order chi connectivity index (χ1) is 17.4. The van der Waals surface area contributed by atoms with Gasteiger partial charge in [0.25, 0.3) is 5.79 Å². The van der Waals surface area contributed by atoms with E-state index in [1.54, 1.807) is 7.11 Å². The first-order valence-electron chi connectivity index (χ1n) is 12.1. The third-order valence-corrected chi connectivity index (χ3v) is 8.35. The average molecular weight is 494 g/mol. The summed E-state index contributed by atoms with van der Waals surface area (Å²) in [5, 5.41) is 12.6. The predicted molar refractivity (Wildman–Crippen MR) is 124 cm³/mol. The summed E-state index contributed by atoms with van der Waals surface area (Å²) in [4.78, 5) is 12.9. The van der Waals surface area contributed by atoms with Crippen molar-refractivity contribution in [2.75, 3.05) is 34.0 Å². The molecule has 7 rings (SSSR count). The van der Waals surface area contributed by atoms with Gasteiger partial charge in [-0.15, -0.1) is 6.42 Å². The monoisotopic (exact) mass is 494 g/mol. The molecule has 1 aliphatic carbocycles. The second-order valence-corrected chi connectivity index (χ2v) is 9.99. The zero-order valence-corrected chi connectivity index (χ0v) is 20.3. The molecule has 5 atom stereocenters. The SMILES string of the molecule is C#CCOCC12OC3c4c(C)cc5c(OC)c6c(c(O)c5c4O[C@](OC)(C3O1)[C@@]21CO1)C(=O)CCC6. The number of methoxy groups -OCH3 is 2. The van der Waals surface area contributed by atoms with Crippen LogP contribution in [-0.2, 0) is 30.1 Å². The third-order valence-electron chi connectivity index (χ3n) is 8.35. The molecular weight excluding hydrogens is 468 g/mol. The lowest BCUT2D eigenvalue weighted by molar-refractivity contribution is -0.296. The van der Waals surface area contributed by atoms with E-state index in [2.05, 4.69) is 5.92 Å². The number of epoxide rings is 1. The third kappa shape index (κ3) is 2.33. The van der Waals surface area contributed by atoms with Crippen molar-refractivity contribution in [1.29, 1.82) is 0 Å². The number of ketones is 1. The second-order valence-electron chi connectivity index (χ2n) is 9.99. The number of rotatable bonds is 5. The van der Waals surface area contributed by atoms with Crippen LogP contribution in [0.1, 0.15) is 46.0 Å². The van der Waals surface area contributed by atoms with Crippen molar-refractivity contribution in [3.05, 3.63) is 28.3 Å². The van der Waals surface area contributed by atoms with Crippen molar-refractivity contribution in [3.63, 3.8) is 0 Å². The Balaban J connectivity index is 1.49. The highest BCUT2D eigenvalue weighted by Gasteiger charge is 2.91. The first kappa shape index (κ1) is 22.3. The van der Waals surface area contributed by atoms with Gasteiger partial charge in [-0.25, -0.2) is 0 Å². The maximum absolute atomic E-state index is 12.9. The number of hydrogen-bond donors (Lipinski definition) is 1. The molecule has 2 aromatic carbocycles. The van der Waals surface area contributed by atoms with Crippen molar-refractivity contribution >= 4 is 16.6 Å². The molecule has 0 aromatic heterocycles. The number of ether oxygens (including phenoxy) is 7. The zero-order chi connectivity index (χ0) is 25.0. The number of terminal acetylenes is 1. The van der Waals surface area contributed by atoms with Crippen molar-refractivity contribution < 1.29 is 43.1 Å². The Morgan fingerprint density at radius 3 is 2.78 bits per heavy atom. The molecule has 9 heteroatoms. The van der Waals surface area contributed by atoms with Crippen LogP contribution in [-0.4, -0.2) is 68.2 Å². The number of Topliss-reactive ketones (excluding diaryl/α,β-unsaturated/α-hetero) is 1. The van der Waals surface area contributed by atoms with E-state index in [4.69, 9.17) is 39.6 Å². The molecule has 0 amide bonds. The lowest BCUT2D eigenvalue weighted by Gasteiger charge is -2.48. The summed E-state index contributed by atoms with van der Waals surface area (Å²) in [6.07, 6.45) is 5.86. The van der Waals surface area contributed by atoms with Gasteiger partial charge in [0.05, 0.1) is 24.7 Å². The highest BCUT2D eigenvalue weighted by atomic mass is 16.9. The van der Waals surface area contributed by atoms with E-state index in [-0.39, 0.29) is 31.4 Å². The summed E-state index contributed by atoms with van der Waals surface area (Å²) in [5.41, 5.74) is 1.52. The highest BCUT2D eigenvalue weighted by molar-refractivity contribution is 6.11. The van der Waals surface area contributed by atoms with Crippen LogP contribution in [0.25, 0.3) is 10.8 Å². The van der Waals surface area contributed by atoms with E-state index < -0.39 is 29.4 Å². The van der Waals surface area contributed by atoms with E-state index in [1.165, 1.54) is 7.11 Å². The molecule has 1 spiro atoms. The largest absolute Gasteiger partial charge is 0.506 e. The molecule has 3 unspecified atom stereocenters. The Labute approximate surface area is 207 Å².